The number of nitrogens with zero attached hydrogens (tertiary/aromatic N) is 3. The van der Waals surface area contributed by atoms with Crippen LogP contribution >= 0.6 is 11.6 Å². The summed E-state index contributed by atoms with van der Waals surface area (Å²) >= 11 is 6.83. The second-order valence-corrected chi connectivity index (χ2v) is 12.9. The SMILES string of the molecule is CCCCCC/C(=N\OC(C)=O)C(=O)c1ccc2c(c1)c(C(=O)/C(CCCCCC)=N/OC(C)=O)cn2-c1ccc(C(=O)c2ccccc2)cc1Cl. The lowest BCUT2D eigenvalue weighted by Gasteiger charge is -2.10. The third-order valence-corrected chi connectivity index (χ3v) is 8.75. The van der Waals surface area contributed by atoms with E-state index in [4.69, 9.17) is 21.3 Å². The van der Waals surface area contributed by atoms with Gasteiger partial charge in [-0.05, 0) is 62.1 Å². The average molecular weight is 726 g/mol. The van der Waals surface area contributed by atoms with Gasteiger partial charge in [-0.1, -0.05) is 105 Å². The van der Waals surface area contributed by atoms with Crippen molar-refractivity contribution in [3.8, 4) is 5.69 Å². The van der Waals surface area contributed by atoms with Gasteiger partial charge in [0.1, 0.15) is 11.4 Å². The first-order chi connectivity index (χ1) is 25.0. The Morgan fingerprint density at radius 1 is 0.654 bits per heavy atom. The average Bonchev–Trinajstić information content (AvgIpc) is 3.52. The van der Waals surface area contributed by atoms with E-state index >= 15 is 0 Å². The van der Waals surface area contributed by atoms with E-state index in [2.05, 4.69) is 24.2 Å². The molecule has 0 saturated carbocycles. The van der Waals surface area contributed by atoms with Crippen LogP contribution in [0.3, 0.4) is 0 Å². The third-order valence-electron chi connectivity index (χ3n) is 8.44. The van der Waals surface area contributed by atoms with Crippen molar-refractivity contribution in [3.05, 3.63) is 100 Å². The Balaban J connectivity index is 1.84. The van der Waals surface area contributed by atoms with Crippen molar-refractivity contribution in [3.63, 3.8) is 0 Å². The van der Waals surface area contributed by atoms with Crippen molar-refractivity contribution in [2.45, 2.75) is 91.9 Å². The number of unbranched alkanes of at least 4 members (excludes halogenated alkanes) is 6. The highest BCUT2D eigenvalue weighted by molar-refractivity contribution is 6.49. The normalized spacial score (nSPS) is 11.8. The van der Waals surface area contributed by atoms with Gasteiger partial charge in [-0.25, -0.2) is 9.59 Å². The number of fused-ring (bicyclic) bond motifs is 1. The molecule has 0 N–H and O–H groups in total. The van der Waals surface area contributed by atoms with Crippen LogP contribution < -0.4 is 0 Å². The van der Waals surface area contributed by atoms with Crippen LogP contribution in [0.5, 0.6) is 0 Å². The molecule has 0 fully saturated rings. The van der Waals surface area contributed by atoms with Gasteiger partial charge >= 0.3 is 11.9 Å². The van der Waals surface area contributed by atoms with Gasteiger partial charge < -0.3 is 14.2 Å². The monoisotopic (exact) mass is 725 g/mol. The van der Waals surface area contributed by atoms with E-state index in [9.17, 15) is 24.0 Å². The molecule has 1 aromatic heterocycles. The van der Waals surface area contributed by atoms with E-state index in [1.54, 1.807) is 71.4 Å². The summed E-state index contributed by atoms with van der Waals surface area (Å²) in [7, 11) is 0. The maximum Gasteiger partial charge on any atom is 0.331 e. The van der Waals surface area contributed by atoms with E-state index in [0.29, 0.717) is 47.0 Å². The van der Waals surface area contributed by atoms with E-state index < -0.39 is 23.5 Å². The van der Waals surface area contributed by atoms with E-state index in [-0.39, 0.29) is 39.8 Å². The molecule has 0 spiro atoms. The summed E-state index contributed by atoms with van der Waals surface area (Å²) < 4.78 is 1.72. The quantitative estimate of drug-likeness (QED) is 0.0309. The number of oxime groups is 2. The molecule has 0 atom stereocenters. The van der Waals surface area contributed by atoms with Crippen molar-refractivity contribution in [2.24, 2.45) is 10.3 Å². The summed E-state index contributed by atoms with van der Waals surface area (Å²) in [5.74, 6) is -2.43. The minimum atomic E-state index is -0.662. The van der Waals surface area contributed by atoms with Gasteiger partial charge in [0.25, 0.3) is 0 Å². The summed E-state index contributed by atoms with van der Waals surface area (Å²) in [5, 5.41) is 8.52. The molecule has 52 heavy (non-hydrogen) atoms. The Labute approximate surface area is 308 Å². The van der Waals surface area contributed by atoms with Crippen molar-refractivity contribution in [2.75, 3.05) is 0 Å². The number of benzene rings is 3. The summed E-state index contributed by atoms with van der Waals surface area (Å²) in [4.78, 5) is 74.5. The number of carbonyl (C=O) groups excluding carboxylic acids is 5. The fourth-order valence-corrected chi connectivity index (χ4v) is 6.02. The first kappa shape index (κ1) is 39.6. The van der Waals surface area contributed by atoms with E-state index in [1.165, 1.54) is 13.8 Å². The second kappa shape index (κ2) is 19.4. The largest absolute Gasteiger partial charge is 0.331 e. The number of hydrogen-bond donors (Lipinski definition) is 0. The minimum Gasteiger partial charge on any atom is -0.318 e. The molecule has 272 valence electrons. The zero-order chi connectivity index (χ0) is 37.6. The van der Waals surface area contributed by atoms with Crippen LogP contribution in [-0.4, -0.2) is 45.3 Å². The summed E-state index contributed by atoms with van der Waals surface area (Å²) in [6.45, 7) is 6.58. The first-order valence-corrected chi connectivity index (χ1v) is 18.1. The lowest BCUT2D eigenvalue weighted by atomic mass is 9.97. The first-order valence-electron chi connectivity index (χ1n) is 17.7. The smallest absolute Gasteiger partial charge is 0.318 e. The Morgan fingerprint density at radius 2 is 1.23 bits per heavy atom. The van der Waals surface area contributed by atoms with Crippen molar-refractivity contribution in [1.29, 1.82) is 0 Å². The molecule has 0 amide bonds. The molecular weight excluding hydrogens is 682 g/mol. The zero-order valence-corrected chi connectivity index (χ0v) is 30.8. The van der Waals surface area contributed by atoms with Gasteiger partial charge in [0.05, 0.1) is 16.2 Å². The highest BCUT2D eigenvalue weighted by Crippen LogP contribution is 2.32. The third kappa shape index (κ3) is 10.4. The maximum absolute atomic E-state index is 14.3. The molecule has 0 radical (unpaired) electrons. The molecule has 0 aliphatic heterocycles. The van der Waals surface area contributed by atoms with Crippen LogP contribution in [0.4, 0.5) is 0 Å². The van der Waals surface area contributed by atoms with Crippen molar-refractivity contribution >= 4 is 63.2 Å². The fraction of sp³-hybridized carbons (Fsp3) is 0.341. The Bertz CT molecular complexity index is 2000. The van der Waals surface area contributed by atoms with E-state index in [0.717, 1.165) is 38.5 Å². The molecule has 3 aromatic carbocycles. The molecule has 0 aliphatic carbocycles. The van der Waals surface area contributed by atoms with Gasteiger partial charge in [0.15, 0.2) is 5.78 Å². The number of hydrogen-bond acceptors (Lipinski definition) is 9. The molecule has 4 rings (SSSR count). The number of halogens is 1. The molecular formula is C41H44ClN3O7. The fourth-order valence-electron chi connectivity index (χ4n) is 5.75. The highest BCUT2D eigenvalue weighted by atomic mass is 35.5. The maximum atomic E-state index is 14.3. The minimum absolute atomic E-state index is 0.0602. The Morgan fingerprint density at radius 3 is 1.79 bits per heavy atom. The zero-order valence-electron chi connectivity index (χ0n) is 30.1. The number of Topliss-reactive ketones (excluding diaryl/α,β-unsaturated/α-hetero) is 2. The molecule has 4 aromatic rings. The van der Waals surface area contributed by atoms with Crippen LogP contribution in [0.1, 0.15) is 129 Å². The summed E-state index contributed by atoms with van der Waals surface area (Å²) in [6.07, 6.45) is 9.20. The summed E-state index contributed by atoms with van der Waals surface area (Å²) in [5.41, 5.74) is 2.53. The number of rotatable bonds is 19. The molecule has 1 heterocycles. The number of ketones is 3. The van der Waals surface area contributed by atoms with Gasteiger partial charge in [-0.2, -0.15) is 0 Å². The van der Waals surface area contributed by atoms with Crippen LogP contribution in [0.15, 0.2) is 83.2 Å². The summed E-state index contributed by atoms with van der Waals surface area (Å²) in [6, 6.07) is 18.7. The molecule has 0 saturated heterocycles. The van der Waals surface area contributed by atoms with Crippen molar-refractivity contribution in [1.82, 2.24) is 4.57 Å². The van der Waals surface area contributed by atoms with Gasteiger partial charge in [0, 0.05) is 47.7 Å². The van der Waals surface area contributed by atoms with Gasteiger partial charge in [0.2, 0.25) is 11.6 Å². The van der Waals surface area contributed by atoms with Gasteiger partial charge in [-0.3, -0.25) is 14.4 Å². The highest BCUT2D eigenvalue weighted by Gasteiger charge is 2.25. The van der Waals surface area contributed by atoms with Crippen LogP contribution in [-0.2, 0) is 19.3 Å². The van der Waals surface area contributed by atoms with E-state index in [1.807, 2.05) is 6.07 Å². The lowest BCUT2D eigenvalue weighted by molar-refractivity contribution is -0.141. The number of carbonyl (C=O) groups is 5. The lowest BCUT2D eigenvalue weighted by Crippen LogP contribution is -2.17. The second-order valence-electron chi connectivity index (χ2n) is 12.5. The predicted molar refractivity (Wildman–Crippen MR) is 203 cm³/mol. The molecule has 0 unspecified atom stereocenters. The molecule has 0 aliphatic rings. The number of aromatic nitrogens is 1. The van der Waals surface area contributed by atoms with Crippen LogP contribution in [0.2, 0.25) is 5.02 Å². The molecule has 0 bridgehead atoms. The van der Waals surface area contributed by atoms with Gasteiger partial charge in [-0.15, -0.1) is 0 Å². The van der Waals surface area contributed by atoms with Crippen LogP contribution in [0.25, 0.3) is 16.6 Å². The standard InChI is InChI=1S/C41H44ClN3O7/c1-5-7-9-14-18-35(43-51-27(3)46)40(49)30-20-22-37-32(24-30)33(41(50)36(44-52-28(4)47)19-15-10-8-6-2)26-45(37)38-23-21-31(25-34(38)42)39(48)29-16-12-11-13-17-29/h11-13,16-17,20-26H,5-10,14-15,18-19H2,1-4H3/b43-35+,44-36+. The topological polar surface area (TPSA) is 133 Å². The predicted octanol–water partition coefficient (Wildman–Crippen LogP) is 9.66. The van der Waals surface area contributed by atoms with Crippen molar-refractivity contribution < 1.29 is 33.6 Å². The molecule has 10 nitrogen and oxygen atoms in total. The molecule has 11 heteroatoms. The Kier molecular flexibility index (Phi) is 14.8. The Hall–Kier alpha value is -5.22. The van der Waals surface area contributed by atoms with Crippen LogP contribution in [0, 0.1) is 0 Å².